The van der Waals surface area contributed by atoms with Crippen molar-refractivity contribution in [2.24, 2.45) is 0 Å². The third-order valence-corrected chi connectivity index (χ3v) is 10.1. The molecule has 0 amide bonds. The normalized spacial score (nSPS) is 11.6. The van der Waals surface area contributed by atoms with Crippen LogP contribution in [-0.2, 0) is 0 Å². The number of allylic oxidation sites excluding steroid dienone is 1. The van der Waals surface area contributed by atoms with Crippen molar-refractivity contribution in [1.29, 1.82) is 0 Å². The number of furan rings is 1. The lowest BCUT2D eigenvalue weighted by Crippen LogP contribution is -1.97. The van der Waals surface area contributed by atoms with Crippen molar-refractivity contribution >= 4 is 28.0 Å². The number of fused-ring (bicyclic) bond motifs is 3. The Bertz CT molecular complexity index is 2590. The van der Waals surface area contributed by atoms with Crippen LogP contribution in [0.4, 0.5) is 0 Å². The van der Waals surface area contributed by atoms with E-state index in [2.05, 4.69) is 212 Å². The summed E-state index contributed by atoms with van der Waals surface area (Å²) in [6.45, 7) is 0. The van der Waals surface area contributed by atoms with Gasteiger partial charge in [0.25, 0.3) is 0 Å². The van der Waals surface area contributed by atoms with Crippen LogP contribution < -0.4 is 0 Å². The largest absolute Gasteiger partial charge is 0.456 e. The second-order valence-electron chi connectivity index (χ2n) is 13.3. The van der Waals surface area contributed by atoms with E-state index in [9.17, 15) is 0 Å². The van der Waals surface area contributed by atoms with Crippen LogP contribution in [0, 0.1) is 0 Å². The van der Waals surface area contributed by atoms with Crippen molar-refractivity contribution in [3.05, 3.63) is 223 Å². The van der Waals surface area contributed by atoms with Crippen LogP contribution in [0.25, 0.3) is 72.5 Å². The highest BCUT2D eigenvalue weighted by atomic mass is 16.3. The Labute approximate surface area is 304 Å². The maximum atomic E-state index is 6.41. The van der Waals surface area contributed by atoms with E-state index in [1.54, 1.807) is 0 Å². The lowest BCUT2D eigenvalue weighted by Gasteiger charge is -2.14. The Morgan fingerprint density at radius 3 is 1.56 bits per heavy atom. The molecule has 0 aliphatic carbocycles. The molecule has 0 saturated heterocycles. The summed E-state index contributed by atoms with van der Waals surface area (Å²) >= 11 is 0. The van der Waals surface area contributed by atoms with E-state index < -0.39 is 0 Å². The fourth-order valence-corrected chi connectivity index (χ4v) is 7.41. The second-order valence-corrected chi connectivity index (χ2v) is 13.3. The zero-order chi connectivity index (χ0) is 34.7. The number of hydrogen-bond donors (Lipinski definition) is 0. The van der Waals surface area contributed by atoms with Crippen molar-refractivity contribution in [2.45, 2.75) is 5.92 Å². The van der Waals surface area contributed by atoms with E-state index in [0.717, 1.165) is 33.1 Å². The molecule has 0 unspecified atom stereocenters. The summed E-state index contributed by atoms with van der Waals surface area (Å²) in [6, 6.07) is 71.4. The van der Waals surface area contributed by atoms with E-state index in [1.807, 2.05) is 0 Å². The predicted molar refractivity (Wildman–Crippen MR) is 219 cm³/mol. The van der Waals surface area contributed by atoms with Gasteiger partial charge in [0.2, 0.25) is 0 Å². The average molecular weight is 665 g/mol. The van der Waals surface area contributed by atoms with Gasteiger partial charge in [-0.3, -0.25) is 0 Å². The molecule has 9 rings (SSSR count). The standard InChI is InChI=1S/C51H36O/c1-5-14-36(15-6-1)43-29-32-46(40-20-11-4-12-21-40)47(34-43)41-26-24-37(25-27-41)44-30-33-49-48(35-44)51-42(22-13-23-50(51)52-49)28-31-45(38-16-7-2-8-17-38)39-18-9-3-10-19-39/h1-35,45H/b31-28+. The van der Waals surface area contributed by atoms with Crippen molar-refractivity contribution in [2.75, 3.05) is 0 Å². The highest BCUT2D eigenvalue weighted by Gasteiger charge is 2.15. The van der Waals surface area contributed by atoms with Gasteiger partial charge in [-0.15, -0.1) is 0 Å². The molecule has 0 atom stereocenters. The van der Waals surface area contributed by atoms with Crippen molar-refractivity contribution in [1.82, 2.24) is 0 Å². The van der Waals surface area contributed by atoms with Gasteiger partial charge in [-0.2, -0.15) is 0 Å². The zero-order valence-electron chi connectivity index (χ0n) is 28.7. The molecule has 8 aromatic carbocycles. The molecular weight excluding hydrogens is 629 g/mol. The van der Waals surface area contributed by atoms with Crippen molar-refractivity contribution in [3.63, 3.8) is 0 Å². The number of hydrogen-bond acceptors (Lipinski definition) is 1. The summed E-state index contributed by atoms with van der Waals surface area (Å²) in [6.07, 6.45) is 4.58. The van der Waals surface area contributed by atoms with Crippen LogP contribution in [0.5, 0.6) is 0 Å². The molecular formula is C51H36O. The molecule has 0 aliphatic heterocycles. The van der Waals surface area contributed by atoms with Gasteiger partial charge in [-0.05, 0) is 85.5 Å². The van der Waals surface area contributed by atoms with Crippen LogP contribution in [0.3, 0.4) is 0 Å². The van der Waals surface area contributed by atoms with Gasteiger partial charge in [0.1, 0.15) is 11.2 Å². The van der Waals surface area contributed by atoms with E-state index in [1.165, 1.54) is 50.1 Å². The Morgan fingerprint density at radius 1 is 0.365 bits per heavy atom. The van der Waals surface area contributed by atoms with Gasteiger partial charge < -0.3 is 4.42 Å². The predicted octanol–water partition coefficient (Wildman–Crippen LogP) is 14.1. The summed E-state index contributed by atoms with van der Waals surface area (Å²) < 4.78 is 6.41. The van der Waals surface area contributed by atoms with Crippen LogP contribution in [0.2, 0.25) is 0 Å². The molecule has 1 heterocycles. The zero-order valence-corrected chi connectivity index (χ0v) is 28.7. The monoisotopic (exact) mass is 664 g/mol. The minimum Gasteiger partial charge on any atom is -0.456 e. The third-order valence-electron chi connectivity index (χ3n) is 10.1. The van der Waals surface area contributed by atoms with Gasteiger partial charge in [0.15, 0.2) is 0 Å². The van der Waals surface area contributed by atoms with Crippen molar-refractivity contribution < 1.29 is 4.42 Å². The average Bonchev–Trinajstić information content (AvgIpc) is 3.61. The molecule has 9 aromatic rings. The topological polar surface area (TPSA) is 13.1 Å². The molecule has 1 aromatic heterocycles. The van der Waals surface area contributed by atoms with E-state index >= 15 is 0 Å². The summed E-state index contributed by atoms with van der Waals surface area (Å²) in [7, 11) is 0. The van der Waals surface area contributed by atoms with E-state index in [4.69, 9.17) is 4.42 Å². The molecule has 0 spiro atoms. The maximum absolute atomic E-state index is 6.41. The minimum absolute atomic E-state index is 0.140. The van der Waals surface area contributed by atoms with Gasteiger partial charge in [0.05, 0.1) is 0 Å². The lowest BCUT2D eigenvalue weighted by molar-refractivity contribution is 0.669. The molecule has 0 fully saturated rings. The highest BCUT2D eigenvalue weighted by Crippen LogP contribution is 2.39. The molecule has 0 radical (unpaired) electrons. The molecule has 0 aliphatic rings. The quantitative estimate of drug-likeness (QED) is 0.158. The summed E-state index contributed by atoms with van der Waals surface area (Å²) in [5.41, 5.74) is 15.1. The summed E-state index contributed by atoms with van der Waals surface area (Å²) in [4.78, 5) is 0. The molecule has 0 bridgehead atoms. The SMILES string of the molecule is C(=C\C(c1ccccc1)c1ccccc1)/c1cccc2oc3ccc(-c4ccc(-c5cc(-c6ccccc6)ccc5-c5ccccc5)cc4)cc3c12. The van der Waals surface area contributed by atoms with Gasteiger partial charge >= 0.3 is 0 Å². The third kappa shape index (κ3) is 6.14. The fourth-order valence-electron chi connectivity index (χ4n) is 7.41. The first-order chi connectivity index (χ1) is 25.8. The van der Waals surface area contributed by atoms with E-state index in [0.29, 0.717) is 0 Å². The Kier molecular flexibility index (Phi) is 8.37. The maximum Gasteiger partial charge on any atom is 0.136 e. The molecule has 0 N–H and O–H groups in total. The Hall–Kier alpha value is -6.70. The molecule has 1 heteroatoms. The molecule has 1 nitrogen and oxygen atoms in total. The second kappa shape index (κ2) is 13.9. The first-order valence-corrected chi connectivity index (χ1v) is 17.9. The highest BCUT2D eigenvalue weighted by molar-refractivity contribution is 6.10. The Morgan fingerprint density at radius 2 is 0.885 bits per heavy atom. The summed E-state index contributed by atoms with van der Waals surface area (Å²) in [5.74, 6) is 0.140. The Balaban J connectivity index is 1.09. The smallest absolute Gasteiger partial charge is 0.136 e. The number of rotatable bonds is 8. The lowest BCUT2D eigenvalue weighted by atomic mass is 9.90. The fraction of sp³-hybridized carbons (Fsp3) is 0.0196. The molecule has 246 valence electrons. The molecule has 0 saturated carbocycles. The van der Waals surface area contributed by atoms with Crippen LogP contribution in [-0.4, -0.2) is 0 Å². The van der Waals surface area contributed by atoms with Gasteiger partial charge in [0, 0.05) is 16.7 Å². The van der Waals surface area contributed by atoms with Crippen LogP contribution in [0.15, 0.2) is 211 Å². The minimum atomic E-state index is 0.140. The first-order valence-electron chi connectivity index (χ1n) is 17.9. The van der Waals surface area contributed by atoms with Crippen LogP contribution in [0.1, 0.15) is 22.6 Å². The first kappa shape index (κ1) is 31.3. The van der Waals surface area contributed by atoms with Crippen LogP contribution >= 0.6 is 0 Å². The van der Waals surface area contributed by atoms with Gasteiger partial charge in [-0.25, -0.2) is 0 Å². The van der Waals surface area contributed by atoms with E-state index in [-0.39, 0.29) is 5.92 Å². The summed E-state index contributed by atoms with van der Waals surface area (Å²) in [5, 5.41) is 2.26. The number of benzene rings is 8. The van der Waals surface area contributed by atoms with Crippen molar-refractivity contribution in [3.8, 4) is 44.5 Å². The molecule has 52 heavy (non-hydrogen) atoms. The van der Waals surface area contributed by atoms with Gasteiger partial charge in [-0.1, -0.05) is 188 Å².